The van der Waals surface area contributed by atoms with E-state index in [4.69, 9.17) is 9.47 Å². The molecule has 0 radical (unpaired) electrons. The second-order valence-corrected chi connectivity index (χ2v) is 3.61. The molecule has 0 unspecified atom stereocenters. The summed E-state index contributed by atoms with van der Waals surface area (Å²) in [7, 11) is 0. The lowest BCUT2D eigenvalue weighted by molar-refractivity contribution is 0.110. The van der Waals surface area contributed by atoms with E-state index in [9.17, 15) is 0 Å². The Hall–Kier alpha value is -1.32. The van der Waals surface area contributed by atoms with E-state index in [0.29, 0.717) is 13.2 Å². The molecule has 1 N–H and O–H groups in total. The Balaban J connectivity index is 2.26. The molecule has 94 valence electrons. The van der Waals surface area contributed by atoms with Crippen molar-refractivity contribution in [1.82, 2.24) is 5.32 Å². The van der Waals surface area contributed by atoms with Crippen molar-refractivity contribution in [3.05, 3.63) is 42.5 Å². The van der Waals surface area contributed by atoms with Crippen LogP contribution in [0.4, 0.5) is 0 Å². The summed E-state index contributed by atoms with van der Waals surface area (Å²) in [6, 6.07) is 8.09. The van der Waals surface area contributed by atoms with Crippen LogP contribution >= 0.6 is 0 Å². The van der Waals surface area contributed by atoms with Crippen molar-refractivity contribution in [2.45, 2.75) is 13.5 Å². The molecule has 1 rings (SSSR count). The van der Waals surface area contributed by atoms with Crippen LogP contribution in [0.2, 0.25) is 0 Å². The van der Waals surface area contributed by atoms with Crippen LogP contribution in [0.5, 0.6) is 5.75 Å². The van der Waals surface area contributed by atoms with Crippen molar-refractivity contribution in [3.63, 3.8) is 0 Å². The van der Waals surface area contributed by atoms with Crippen molar-refractivity contribution in [1.29, 1.82) is 0 Å². The Bertz CT molecular complexity index is 309. The van der Waals surface area contributed by atoms with Crippen LogP contribution < -0.4 is 10.1 Å². The van der Waals surface area contributed by atoms with E-state index < -0.39 is 0 Å². The lowest BCUT2D eigenvalue weighted by Crippen LogP contribution is -2.12. The molecule has 0 heterocycles. The van der Waals surface area contributed by atoms with Gasteiger partial charge in [-0.05, 0) is 24.6 Å². The largest absolute Gasteiger partial charge is 0.491 e. The molecular weight excluding hydrogens is 214 g/mol. The number of hydrogen-bond acceptors (Lipinski definition) is 3. The van der Waals surface area contributed by atoms with Gasteiger partial charge in [-0.25, -0.2) is 0 Å². The number of ether oxygens (including phenoxy) is 2. The molecule has 17 heavy (non-hydrogen) atoms. The molecule has 0 spiro atoms. The van der Waals surface area contributed by atoms with Crippen molar-refractivity contribution in [2.24, 2.45) is 0 Å². The fourth-order valence-corrected chi connectivity index (χ4v) is 1.38. The Morgan fingerprint density at radius 2 is 2.00 bits per heavy atom. The third-order valence-corrected chi connectivity index (χ3v) is 2.24. The molecule has 0 aliphatic carbocycles. The van der Waals surface area contributed by atoms with Gasteiger partial charge in [0.05, 0.1) is 6.61 Å². The molecule has 0 aromatic heterocycles. The zero-order valence-corrected chi connectivity index (χ0v) is 10.4. The summed E-state index contributed by atoms with van der Waals surface area (Å²) in [6.07, 6.45) is 1.85. The molecule has 0 aliphatic heterocycles. The first-order valence-corrected chi connectivity index (χ1v) is 5.98. The van der Waals surface area contributed by atoms with Gasteiger partial charge in [0.15, 0.2) is 0 Å². The second kappa shape index (κ2) is 8.79. The summed E-state index contributed by atoms with van der Waals surface area (Å²) in [5.74, 6) is 0.886. The molecule has 0 amide bonds. The van der Waals surface area contributed by atoms with E-state index in [-0.39, 0.29) is 0 Å². The normalized spacial score (nSPS) is 10.2. The molecule has 1 aromatic carbocycles. The Kier molecular flexibility index (Phi) is 7.11. The fourth-order valence-electron chi connectivity index (χ4n) is 1.38. The van der Waals surface area contributed by atoms with E-state index >= 15 is 0 Å². The van der Waals surface area contributed by atoms with Crippen molar-refractivity contribution in [2.75, 3.05) is 26.4 Å². The average Bonchev–Trinajstić information content (AvgIpc) is 2.37. The summed E-state index contributed by atoms with van der Waals surface area (Å²) in [5, 5.41) is 3.25. The first-order valence-electron chi connectivity index (χ1n) is 5.98. The van der Waals surface area contributed by atoms with Crippen LogP contribution in [0.3, 0.4) is 0 Å². The maximum atomic E-state index is 5.53. The molecule has 3 nitrogen and oxygen atoms in total. The van der Waals surface area contributed by atoms with E-state index in [0.717, 1.165) is 25.4 Å². The van der Waals surface area contributed by atoms with Gasteiger partial charge in [-0.3, -0.25) is 0 Å². The predicted molar refractivity (Wildman–Crippen MR) is 70.3 cm³/mol. The van der Waals surface area contributed by atoms with Gasteiger partial charge < -0.3 is 14.8 Å². The highest BCUT2D eigenvalue weighted by Gasteiger charge is 1.95. The van der Waals surface area contributed by atoms with E-state index in [2.05, 4.69) is 24.0 Å². The summed E-state index contributed by atoms with van der Waals surface area (Å²) in [5.41, 5.74) is 1.24. The zero-order chi connectivity index (χ0) is 12.3. The summed E-state index contributed by atoms with van der Waals surface area (Å²) >= 11 is 0. The lowest BCUT2D eigenvalue weighted by atomic mass is 10.2. The quantitative estimate of drug-likeness (QED) is 0.526. The minimum Gasteiger partial charge on any atom is -0.491 e. The van der Waals surface area contributed by atoms with Crippen molar-refractivity contribution in [3.8, 4) is 5.75 Å². The Morgan fingerprint density at radius 1 is 1.24 bits per heavy atom. The van der Waals surface area contributed by atoms with E-state index in [1.165, 1.54) is 5.56 Å². The summed E-state index contributed by atoms with van der Waals surface area (Å²) in [6.45, 7) is 9.29. The fraction of sp³-hybridized carbons (Fsp3) is 0.429. The number of rotatable bonds is 9. The Morgan fingerprint density at radius 3 is 2.65 bits per heavy atom. The summed E-state index contributed by atoms with van der Waals surface area (Å²) < 4.78 is 10.7. The maximum absolute atomic E-state index is 5.53. The number of nitrogens with one attached hydrogen (secondary N) is 1. The number of benzene rings is 1. The van der Waals surface area contributed by atoms with Gasteiger partial charge in [-0.15, -0.1) is 6.58 Å². The lowest BCUT2D eigenvalue weighted by Gasteiger charge is -2.07. The van der Waals surface area contributed by atoms with Gasteiger partial charge in [-0.2, -0.15) is 0 Å². The summed E-state index contributed by atoms with van der Waals surface area (Å²) in [4.78, 5) is 0. The van der Waals surface area contributed by atoms with Crippen LogP contribution in [0, 0.1) is 0 Å². The van der Waals surface area contributed by atoms with Gasteiger partial charge in [0, 0.05) is 19.7 Å². The van der Waals surface area contributed by atoms with Crippen LogP contribution in [-0.2, 0) is 11.3 Å². The standard InChI is InChI=1S/C14H21NO2/c1-3-9-15-12-13-5-7-14(8-6-13)17-11-10-16-4-2/h3,5-8,15H,1,4,9-12H2,2H3. The maximum Gasteiger partial charge on any atom is 0.119 e. The highest BCUT2D eigenvalue weighted by molar-refractivity contribution is 5.27. The van der Waals surface area contributed by atoms with Gasteiger partial charge in [0.2, 0.25) is 0 Å². The zero-order valence-electron chi connectivity index (χ0n) is 10.4. The van der Waals surface area contributed by atoms with Crippen molar-refractivity contribution >= 4 is 0 Å². The van der Waals surface area contributed by atoms with E-state index in [1.54, 1.807) is 0 Å². The molecule has 0 aliphatic rings. The second-order valence-electron chi connectivity index (χ2n) is 3.61. The topological polar surface area (TPSA) is 30.5 Å². The first-order chi connectivity index (χ1) is 8.36. The third-order valence-electron chi connectivity index (χ3n) is 2.24. The smallest absolute Gasteiger partial charge is 0.119 e. The van der Waals surface area contributed by atoms with E-state index in [1.807, 2.05) is 25.1 Å². The van der Waals surface area contributed by atoms with Gasteiger partial charge in [0.25, 0.3) is 0 Å². The molecule has 3 heteroatoms. The first kappa shape index (κ1) is 13.7. The van der Waals surface area contributed by atoms with Gasteiger partial charge in [0.1, 0.15) is 12.4 Å². The Labute approximate surface area is 103 Å². The third kappa shape index (κ3) is 6.09. The SMILES string of the molecule is C=CCNCc1ccc(OCCOCC)cc1. The van der Waals surface area contributed by atoms with Crippen LogP contribution in [0.25, 0.3) is 0 Å². The molecule has 0 saturated heterocycles. The minimum absolute atomic E-state index is 0.599. The molecule has 0 saturated carbocycles. The average molecular weight is 235 g/mol. The van der Waals surface area contributed by atoms with Gasteiger partial charge >= 0.3 is 0 Å². The van der Waals surface area contributed by atoms with Gasteiger partial charge in [-0.1, -0.05) is 18.2 Å². The molecule has 1 aromatic rings. The molecule has 0 fully saturated rings. The highest BCUT2D eigenvalue weighted by Crippen LogP contribution is 2.11. The predicted octanol–water partition coefficient (Wildman–Crippen LogP) is 2.38. The highest BCUT2D eigenvalue weighted by atomic mass is 16.5. The number of hydrogen-bond donors (Lipinski definition) is 1. The van der Waals surface area contributed by atoms with Crippen LogP contribution in [0.15, 0.2) is 36.9 Å². The molecule has 0 bridgehead atoms. The molecule has 0 atom stereocenters. The van der Waals surface area contributed by atoms with Crippen molar-refractivity contribution < 1.29 is 9.47 Å². The minimum atomic E-state index is 0.599. The van der Waals surface area contributed by atoms with Crippen LogP contribution in [-0.4, -0.2) is 26.4 Å². The molecular formula is C14H21NO2. The monoisotopic (exact) mass is 235 g/mol. The van der Waals surface area contributed by atoms with Crippen LogP contribution in [0.1, 0.15) is 12.5 Å².